The molecule has 0 radical (unpaired) electrons. The Hall–Kier alpha value is -5.42. The molecule has 3 N–H and O–H groups in total. The van der Waals surface area contributed by atoms with Gasteiger partial charge in [0.1, 0.15) is 17.2 Å². The molecule has 10 nitrogen and oxygen atoms in total. The van der Waals surface area contributed by atoms with E-state index in [-0.39, 0.29) is 24.2 Å². The first-order chi connectivity index (χ1) is 21.4. The lowest BCUT2D eigenvalue weighted by molar-refractivity contribution is -0.114. The maximum atomic E-state index is 13.5. The summed E-state index contributed by atoms with van der Waals surface area (Å²) in [4.78, 5) is 39.9. The van der Waals surface area contributed by atoms with E-state index in [1.807, 2.05) is 6.07 Å². The van der Waals surface area contributed by atoms with E-state index >= 15 is 0 Å². The van der Waals surface area contributed by atoms with E-state index in [9.17, 15) is 14.4 Å². The molecular weight excluding hydrogens is 582 g/mol. The summed E-state index contributed by atoms with van der Waals surface area (Å²) < 4.78 is 21.5. The third-order valence-electron chi connectivity index (χ3n) is 6.38. The first kappa shape index (κ1) is 30.1. The molecule has 0 aromatic heterocycles. The van der Waals surface area contributed by atoms with E-state index in [1.165, 1.54) is 32.1 Å². The molecule has 0 atom stereocenters. The van der Waals surface area contributed by atoms with E-state index in [2.05, 4.69) is 16.0 Å². The van der Waals surface area contributed by atoms with Crippen molar-refractivity contribution in [1.29, 1.82) is 0 Å². The molecule has 4 aromatic rings. The molecule has 0 aliphatic carbocycles. The van der Waals surface area contributed by atoms with Crippen molar-refractivity contribution >= 4 is 46.9 Å². The van der Waals surface area contributed by atoms with Gasteiger partial charge in [0, 0.05) is 33.5 Å². The van der Waals surface area contributed by atoms with Gasteiger partial charge in [-0.25, -0.2) is 0 Å². The molecule has 4 aromatic carbocycles. The van der Waals surface area contributed by atoms with Gasteiger partial charge in [0.05, 0.1) is 20.0 Å². The van der Waals surface area contributed by atoms with E-state index in [0.29, 0.717) is 45.5 Å². The van der Waals surface area contributed by atoms with Crippen LogP contribution in [0.1, 0.15) is 15.9 Å². The molecule has 0 bridgehead atoms. The molecule has 44 heavy (non-hydrogen) atoms. The van der Waals surface area contributed by atoms with Crippen molar-refractivity contribution in [2.75, 3.05) is 37.4 Å². The third kappa shape index (κ3) is 7.69. The number of methoxy groups -OCH3 is 2. The number of amides is 3. The number of benzene rings is 4. The van der Waals surface area contributed by atoms with Crippen molar-refractivity contribution in [3.8, 4) is 23.0 Å². The summed E-state index contributed by atoms with van der Waals surface area (Å²) in [7, 11) is 3.05. The van der Waals surface area contributed by atoms with Crippen molar-refractivity contribution in [3.05, 3.63) is 108 Å². The number of carbonyl (C=O) groups is 3. The van der Waals surface area contributed by atoms with Crippen LogP contribution in [0.25, 0.3) is 6.08 Å². The van der Waals surface area contributed by atoms with Crippen LogP contribution >= 0.6 is 11.8 Å². The van der Waals surface area contributed by atoms with Gasteiger partial charge >= 0.3 is 0 Å². The highest BCUT2D eigenvalue weighted by Crippen LogP contribution is 2.34. The second-order valence-corrected chi connectivity index (χ2v) is 10.4. The molecule has 0 fully saturated rings. The number of rotatable bonds is 11. The zero-order valence-electron chi connectivity index (χ0n) is 23.9. The predicted octanol–water partition coefficient (Wildman–Crippen LogP) is 5.57. The van der Waals surface area contributed by atoms with Crippen LogP contribution < -0.4 is 34.9 Å². The Balaban J connectivity index is 1.29. The molecule has 1 aliphatic rings. The zero-order valence-corrected chi connectivity index (χ0v) is 24.7. The number of hydrogen-bond acceptors (Lipinski definition) is 8. The molecule has 0 spiro atoms. The number of carbonyl (C=O) groups excluding carboxylic acids is 3. The first-order valence-electron chi connectivity index (χ1n) is 13.5. The topological polar surface area (TPSA) is 124 Å². The maximum absolute atomic E-state index is 13.5. The van der Waals surface area contributed by atoms with Crippen LogP contribution in [-0.4, -0.2) is 44.5 Å². The number of nitrogens with one attached hydrogen (secondary N) is 3. The average Bonchev–Trinajstić information content (AvgIpc) is 3.52. The largest absolute Gasteiger partial charge is 0.497 e. The Morgan fingerprint density at radius 3 is 2.41 bits per heavy atom. The highest BCUT2D eigenvalue weighted by atomic mass is 32.2. The second-order valence-electron chi connectivity index (χ2n) is 9.37. The molecule has 5 rings (SSSR count). The minimum atomic E-state index is -0.554. The van der Waals surface area contributed by atoms with Gasteiger partial charge in [-0.05, 0) is 66.7 Å². The van der Waals surface area contributed by atoms with E-state index in [4.69, 9.17) is 18.9 Å². The Bertz CT molecular complexity index is 1710. The van der Waals surface area contributed by atoms with E-state index in [1.54, 1.807) is 84.9 Å². The number of fused-ring (bicyclic) bond motifs is 1. The van der Waals surface area contributed by atoms with Gasteiger partial charge in [-0.3, -0.25) is 14.4 Å². The van der Waals surface area contributed by atoms with Crippen molar-refractivity contribution in [1.82, 2.24) is 5.32 Å². The standard InChI is InChI=1S/C33H29N3O7S/c1-40-25-12-14-28(41-2)22(15-25)16-27(36-32(38)21-7-4-3-5-8-21)33(39)35-23-9-6-10-26(17-23)44-19-31(37)34-24-11-13-29-30(18-24)43-20-42-29/h3-18H,19-20H2,1-2H3,(H,34,37)(H,35,39)(H,36,38)/b27-16+. The van der Waals surface area contributed by atoms with Crippen LogP contribution in [0, 0.1) is 0 Å². The molecule has 1 heterocycles. The molecule has 1 aliphatic heterocycles. The summed E-state index contributed by atoms with van der Waals surface area (Å²) in [5.74, 6) is 1.19. The monoisotopic (exact) mass is 611 g/mol. The Kier molecular flexibility index (Phi) is 9.68. The SMILES string of the molecule is COc1ccc(OC)c(/C=C(/NC(=O)c2ccccc2)C(=O)Nc2cccc(SCC(=O)Nc3ccc4c(c3)OCO4)c2)c1. The Labute approximate surface area is 258 Å². The van der Waals surface area contributed by atoms with Crippen molar-refractivity contribution in [3.63, 3.8) is 0 Å². The molecule has 0 saturated carbocycles. The summed E-state index contributed by atoms with van der Waals surface area (Å²) >= 11 is 1.31. The number of hydrogen-bond donors (Lipinski definition) is 3. The maximum Gasteiger partial charge on any atom is 0.272 e. The van der Waals surface area contributed by atoms with Crippen LogP contribution in [0.2, 0.25) is 0 Å². The van der Waals surface area contributed by atoms with E-state index < -0.39 is 11.8 Å². The summed E-state index contributed by atoms with van der Waals surface area (Å²) in [5.41, 5.74) is 2.00. The zero-order chi connectivity index (χ0) is 30.9. The third-order valence-corrected chi connectivity index (χ3v) is 7.38. The molecule has 11 heteroatoms. The smallest absolute Gasteiger partial charge is 0.272 e. The van der Waals surface area contributed by atoms with Crippen molar-refractivity contribution in [2.24, 2.45) is 0 Å². The fourth-order valence-electron chi connectivity index (χ4n) is 4.23. The molecule has 0 saturated heterocycles. The predicted molar refractivity (Wildman–Crippen MR) is 168 cm³/mol. The number of anilines is 2. The Morgan fingerprint density at radius 2 is 1.61 bits per heavy atom. The van der Waals surface area contributed by atoms with Crippen LogP contribution in [0.4, 0.5) is 11.4 Å². The van der Waals surface area contributed by atoms with Crippen LogP contribution in [0.3, 0.4) is 0 Å². The Morgan fingerprint density at radius 1 is 0.818 bits per heavy atom. The minimum absolute atomic E-state index is 0.00781. The molecule has 0 unspecified atom stereocenters. The van der Waals surface area contributed by atoms with Crippen molar-refractivity contribution < 1.29 is 33.3 Å². The van der Waals surface area contributed by atoms with Gasteiger partial charge in [-0.15, -0.1) is 11.8 Å². The van der Waals surface area contributed by atoms with Gasteiger partial charge in [0.15, 0.2) is 11.5 Å². The molecular formula is C33H29N3O7S. The number of ether oxygens (including phenoxy) is 4. The minimum Gasteiger partial charge on any atom is -0.497 e. The van der Waals surface area contributed by atoms with Gasteiger partial charge in [-0.1, -0.05) is 24.3 Å². The van der Waals surface area contributed by atoms with Crippen LogP contribution in [-0.2, 0) is 9.59 Å². The van der Waals surface area contributed by atoms with Gasteiger partial charge in [-0.2, -0.15) is 0 Å². The quantitative estimate of drug-likeness (QED) is 0.149. The van der Waals surface area contributed by atoms with Gasteiger partial charge in [0.25, 0.3) is 11.8 Å². The summed E-state index contributed by atoms with van der Waals surface area (Å²) in [6.45, 7) is 0.154. The molecule has 3 amide bonds. The van der Waals surface area contributed by atoms with Gasteiger partial charge in [0.2, 0.25) is 12.7 Å². The van der Waals surface area contributed by atoms with E-state index in [0.717, 1.165) is 4.90 Å². The normalized spacial score (nSPS) is 11.8. The lowest BCUT2D eigenvalue weighted by Crippen LogP contribution is -2.30. The fraction of sp³-hybridized carbons (Fsp3) is 0.121. The van der Waals surface area contributed by atoms with Crippen LogP contribution in [0.15, 0.2) is 102 Å². The lowest BCUT2D eigenvalue weighted by atomic mass is 10.1. The van der Waals surface area contributed by atoms with Crippen molar-refractivity contribution in [2.45, 2.75) is 4.90 Å². The van der Waals surface area contributed by atoms with Gasteiger partial charge < -0.3 is 34.9 Å². The summed E-state index contributed by atoms with van der Waals surface area (Å²) in [6.07, 6.45) is 1.52. The number of thioether (sulfide) groups is 1. The molecule has 224 valence electrons. The lowest BCUT2D eigenvalue weighted by Gasteiger charge is -2.14. The second kappa shape index (κ2) is 14.2. The highest BCUT2D eigenvalue weighted by Gasteiger charge is 2.18. The van der Waals surface area contributed by atoms with Crippen LogP contribution in [0.5, 0.6) is 23.0 Å². The highest BCUT2D eigenvalue weighted by molar-refractivity contribution is 8.00. The fourth-order valence-corrected chi connectivity index (χ4v) is 4.99. The average molecular weight is 612 g/mol. The first-order valence-corrected chi connectivity index (χ1v) is 14.4. The summed E-state index contributed by atoms with van der Waals surface area (Å²) in [5, 5.41) is 8.41. The summed E-state index contributed by atoms with van der Waals surface area (Å²) in [6, 6.07) is 26.0.